The second-order valence-corrected chi connectivity index (χ2v) is 4.60. The highest BCUT2D eigenvalue weighted by atomic mass is 32.2. The molecule has 1 aliphatic rings. The van der Waals surface area contributed by atoms with Crippen molar-refractivity contribution in [2.45, 2.75) is 0 Å². The molecule has 1 aromatic rings. The van der Waals surface area contributed by atoms with Gasteiger partial charge in [-0.15, -0.1) is 0 Å². The maximum Gasteiger partial charge on any atom is 0.147 e. The lowest BCUT2D eigenvalue weighted by molar-refractivity contribution is 0.619. The van der Waals surface area contributed by atoms with Gasteiger partial charge in [-0.2, -0.15) is 17.0 Å². The van der Waals surface area contributed by atoms with E-state index in [1.165, 1.54) is 6.07 Å². The number of thioether (sulfide) groups is 1. The van der Waals surface area contributed by atoms with Gasteiger partial charge in [0.15, 0.2) is 0 Å². The first-order valence-electron chi connectivity index (χ1n) is 4.83. The maximum absolute atomic E-state index is 13.6. The van der Waals surface area contributed by atoms with E-state index in [-0.39, 0.29) is 5.82 Å². The minimum Gasteiger partial charge on any atom is -0.368 e. The highest BCUT2D eigenvalue weighted by Gasteiger charge is 2.14. The van der Waals surface area contributed by atoms with Gasteiger partial charge in [0, 0.05) is 24.6 Å². The van der Waals surface area contributed by atoms with Crippen LogP contribution in [0.1, 0.15) is 5.56 Å². The Morgan fingerprint density at radius 1 is 1.33 bits per heavy atom. The number of halogens is 1. The Hall–Kier alpha value is -1.21. The van der Waals surface area contributed by atoms with Crippen LogP contribution in [0.25, 0.3) is 0 Å². The summed E-state index contributed by atoms with van der Waals surface area (Å²) in [6.45, 7) is 1.76. The fraction of sp³-hybridized carbons (Fsp3) is 0.364. The van der Waals surface area contributed by atoms with Crippen molar-refractivity contribution in [3.8, 4) is 6.07 Å². The SMILES string of the molecule is N#Cc1ccc(N2CCSCC2)c(F)c1. The van der Waals surface area contributed by atoms with Crippen molar-refractivity contribution in [1.29, 1.82) is 5.26 Å². The Balaban J connectivity index is 2.24. The van der Waals surface area contributed by atoms with Crippen LogP contribution in [0.15, 0.2) is 18.2 Å². The molecule has 0 atom stereocenters. The zero-order valence-corrected chi connectivity index (χ0v) is 9.06. The number of rotatable bonds is 1. The first-order chi connectivity index (χ1) is 7.31. The molecule has 1 aromatic carbocycles. The van der Waals surface area contributed by atoms with Crippen molar-refractivity contribution >= 4 is 17.4 Å². The van der Waals surface area contributed by atoms with Crippen molar-refractivity contribution < 1.29 is 4.39 Å². The van der Waals surface area contributed by atoms with Crippen molar-refractivity contribution in [3.05, 3.63) is 29.6 Å². The quantitative estimate of drug-likeness (QED) is 0.729. The summed E-state index contributed by atoms with van der Waals surface area (Å²) < 4.78 is 13.6. The minimum atomic E-state index is -0.291. The lowest BCUT2D eigenvalue weighted by Crippen LogP contribution is -2.33. The number of anilines is 1. The van der Waals surface area contributed by atoms with E-state index in [2.05, 4.69) is 0 Å². The summed E-state index contributed by atoms with van der Waals surface area (Å²) in [7, 11) is 0. The molecule has 15 heavy (non-hydrogen) atoms. The van der Waals surface area contributed by atoms with E-state index in [9.17, 15) is 4.39 Å². The first kappa shape index (κ1) is 10.3. The van der Waals surface area contributed by atoms with Gasteiger partial charge in [0.25, 0.3) is 0 Å². The molecular weight excluding hydrogens is 211 g/mol. The smallest absolute Gasteiger partial charge is 0.147 e. The summed E-state index contributed by atoms with van der Waals surface area (Å²) in [5.41, 5.74) is 0.997. The molecule has 1 heterocycles. The molecule has 0 aromatic heterocycles. The first-order valence-corrected chi connectivity index (χ1v) is 5.99. The molecular formula is C11H11FN2S. The van der Waals surface area contributed by atoms with E-state index in [0.717, 1.165) is 24.6 Å². The molecule has 1 fully saturated rings. The fourth-order valence-electron chi connectivity index (χ4n) is 1.64. The van der Waals surface area contributed by atoms with Crippen LogP contribution in [0.2, 0.25) is 0 Å². The van der Waals surface area contributed by atoms with Gasteiger partial charge in [-0.3, -0.25) is 0 Å². The van der Waals surface area contributed by atoms with E-state index in [1.54, 1.807) is 12.1 Å². The summed E-state index contributed by atoms with van der Waals surface area (Å²) in [5.74, 6) is 1.79. The van der Waals surface area contributed by atoms with Crippen LogP contribution in [-0.4, -0.2) is 24.6 Å². The van der Waals surface area contributed by atoms with Gasteiger partial charge >= 0.3 is 0 Å². The van der Waals surface area contributed by atoms with Gasteiger partial charge in [0.05, 0.1) is 17.3 Å². The molecule has 2 rings (SSSR count). The van der Waals surface area contributed by atoms with Crippen LogP contribution in [0.5, 0.6) is 0 Å². The van der Waals surface area contributed by atoms with Crippen LogP contribution in [-0.2, 0) is 0 Å². The second-order valence-electron chi connectivity index (χ2n) is 3.38. The average Bonchev–Trinajstić information content (AvgIpc) is 2.30. The summed E-state index contributed by atoms with van der Waals surface area (Å²) >= 11 is 1.89. The Kier molecular flexibility index (Phi) is 3.12. The summed E-state index contributed by atoms with van der Waals surface area (Å²) in [6, 6.07) is 6.60. The normalized spacial score (nSPS) is 16.1. The van der Waals surface area contributed by atoms with Crippen LogP contribution >= 0.6 is 11.8 Å². The van der Waals surface area contributed by atoms with Crippen LogP contribution < -0.4 is 4.90 Å². The van der Waals surface area contributed by atoms with Gasteiger partial charge in [-0.05, 0) is 18.2 Å². The largest absolute Gasteiger partial charge is 0.368 e. The molecule has 78 valence electrons. The number of benzene rings is 1. The van der Waals surface area contributed by atoms with Gasteiger partial charge in [-0.1, -0.05) is 0 Å². The Labute approximate surface area is 92.7 Å². The number of hydrogen-bond acceptors (Lipinski definition) is 3. The van der Waals surface area contributed by atoms with Gasteiger partial charge in [0.2, 0.25) is 0 Å². The van der Waals surface area contributed by atoms with Crippen molar-refractivity contribution in [2.75, 3.05) is 29.5 Å². The zero-order valence-electron chi connectivity index (χ0n) is 8.24. The predicted octanol–water partition coefficient (Wildman–Crippen LogP) is 2.25. The standard InChI is InChI=1S/C11H11FN2S/c12-10-7-9(8-13)1-2-11(10)14-3-5-15-6-4-14/h1-2,7H,3-6H2. The summed E-state index contributed by atoms with van der Waals surface area (Å²) in [4.78, 5) is 2.03. The molecule has 1 aliphatic heterocycles. The molecule has 0 saturated carbocycles. The molecule has 1 saturated heterocycles. The highest BCUT2D eigenvalue weighted by molar-refractivity contribution is 7.99. The van der Waals surface area contributed by atoms with Gasteiger partial charge in [-0.25, -0.2) is 4.39 Å². The number of hydrogen-bond donors (Lipinski definition) is 0. The third kappa shape index (κ3) is 2.24. The maximum atomic E-state index is 13.6. The molecule has 0 radical (unpaired) electrons. The van der Waals surface area contributed by atoms with Crippen molar-refractivity contribution in [3.63, 3.8) is 0 Å². The van der Waals surface area contributed by atoms with Crippen molar-refractivity contribution in [1.82, 2.24) is 0 Å². The summed E-state index contributed by atoms with van der Waals surface area (Å²) in [5, 5.41) is 8.63. The highest BCUT2D eigenvalue weighted by Crippen LogP contribution is 2.23. The summed E-state index contributed by atoms with van der Waals surface area (Å²) in [6.07, 6.45) is 0. The van der Waals surface area contributed by atoms with E-state index in [1.807, 2.05) is 22.7 Å². The van der Waals surface area contributed by atoms with Crippen molar-refractivity contribution in [2.24, 2.45) is 0 Å². The fourth-order valence-corrected chi connectivity index (χ4v) is 2.54. The molecule has 0 N–H and O–H groups in total. The number of nitriles is 1. The molecule has 2 nitrogen and oxygen atoms in total. The lowest BCUT2D eigenvalue weighted by atomic mass is 10.2. The third-order valence-electron chi connectivity index (χ3n) is 2.43. The zero-order chi connectivity index (χ0) is 10.7. The Morgan fingerprint density at radius 2 is 2.07 bits per heavy atom. The predicted molar refractivity (Wildman–Crippen MR) is 60.7 cm³/mol. The second kappa shape index (κ2) is 4.54. The molecule has 0 bridgehead atoms. The van der Waals surface area contributed by atoms with Gasteiger partial charge in [0.1, 0.15) is 5.82 Å². The molecule has 0 aliphatic carbocycles. The lowest BCUT2D eigenvalue weighted by Gasteiger charge is -2.28. The number of nitrogens with zero attached hydrogens (tertiary/aromatic N) is 2. The Morgan fingerprint density at radius 3 is 2.67 bits per heavy atom. The average molecular weight is 222 g/mol. The monoisotopic (exact) mass is 222 g/mol. The van der Waals surface area contributed by atoms with Crippen LogP contribution in [0, 0.1) is 17.1 Å². The molecule has 0 spiro atoms. The Bertz CT molecular complexity index is 394. The van der Waals surface area contributed by atoms with E-state index in [0.29, 0.717) is 11.3 Å². The van der Waals surface area contributed by atoms with E-state index in [4.69, 9.17) is 5.26 Å². The van der Waals surface area contributed by atoms with Crippen LogP contribution in [0.4, 0.5) is 10.1 Å². The van der Waals surface area contributed by atoms with E-state index < -0.39 is 0 Å². The van der Waals surface area contributed by atoms with Crippen LogP contribution in [0.3, 0.4) is 0 Å². The third-order valence-corrected chi connectivity index (χ3v) is 3.37. The minimum absolute atomic E-state index is 0.291. The molecule has 0 amide bonds. The van der Waals surface area contributed by atoms with Gasteiger partial charge < -0.3 is 4.90 Å². The van der Waals surface area contributed by atoms with E-state index >= 15 is 0 Å². The molecule has 0 unspecified atom stereocenters. The molecule has 4 heteroatoms. The topological polar surface area (TPSA) is 27.0 Å².